The SMILES string of the molecule is CCC(C)(NN)c1ccccc1.O=C(O)C(=O)O. The maximum absolute atomic E-state index is 9.10. The molecule has 1 aromatic carbocycles. The zero-order valence-corrected chi connectivity index (χ0v) is 10.4. The lowest BCUT2D eigenvalue weighted by molar-refractivity contribution is -0.159. The van der Waals surface area contributed by atoms with Crippen LogP contribution in [0.2, 0.25) is 0 Å². The molecule has 5 N–H and O–H groups in total. The third kappa shape index (κ3) is 4.94. The fourth-order valence-electron chi connectivity index (χ4n) is 1.20. The molecule has 0 bridgehead atoms. The summed E-state index contributed by atoms with van der Waals surface area (Å²) in [4.78, 5) is 18.2. The lowest BCUT2D eigenvalue weighted by atomic mass is 9.90. The maximum Gasteiger partial charge on any atom is 0.414 e. The highest BCUT2D eigenvalue weighted by Gasteiger charge is 2.21. The van der Waals surface area contributed by atoms with E-state index in [1.807, 2.05) is 18.2 Å². The molecule has 1 unspecified atom stereocenters. The predicted molar refractivity (Wildman–Crippen MR) is 66.7 cm³/mol. The number of carboxylic acids is 2. The van der Waals surface area contributed by atoms with Gasteiger partial charge in [0.25, 0.3) is 0 Å². The molecule has 0 aliphatic heterocycles. The number of hydrogen-bond acceptors (Lipinski definition) is 4. The third-order valence-corrected chi connectivity index (χ3v) is 2.62. The van der Waals surface area contributed by atoms with E-state index in [0.29, 0.717) is 0 Å². The van der Waals surface area contributed by atoms with Crippen molar-refractivity contribution in [3.8, 4) is 0 Å². The molecule has 0 aliphatic rings. The van der Waals surface area contributed by atoms with Crippen molar-refractivity contribution in [3.05, 3.63) is 35.9 Å². The van der Waals surface area contributed by atoms with Gasteiger partial charge >= 0.3 is 11.9 Å². The summed E-state index contributed by atoms with van der Waals surface area (Å²) in [6.07, 6.45) is 0.980. The van der Waals surface area contributed by atoms with E-state index >= 15 is 0 Å². The number of nitrogens with two attached hydrogens (primary N) is 1. The van der Waals surface area contributed by atoms with E-state index in [9.17, 15) is 0 Å². The van der Waals surface area contributed by atoms with Gasteiger partial charge in [-0.3, -0.25) is 11.3 Å². The summed E-state index contributed by atoms with van der Waals surface area (Å²) in [5, 5.41) is 14.8. The highest BCUT2D eigenvalue weighted by molar-refractivity contribution is 6.27. The Labute approximate surface area is 105 Å². The Morgan fingerprint density at radius 2 is 1.67 bits per heavy atom. The second-order valence-electron chi connectivity index (χ2n) is 3.81. The zero-order valence-electron chi connectivity index (χ0n) is 10.4. The summed E-state index contributed by atoms with van der Waals surface area (Å²) in [7, 11) is 0. The van der Waals surface area contributed by atoms with Crippen LogP contribution in [0.15, 0.2) is 30.3 Å². The third-order valence-electron chi connectivity index (χ3n) is 2.62. The van der Waals surface area contributed by atoms with Crippen LogP contribution in [0.1, 0.15) is 25.8 Å². The first-order valence-corrected chi connectivity index (χ1v) is 5.37. The number of carbonyl (C=O) groups is 2. The first-order valence-electron chi connectivity index (χ1n) is 5.37. The van der Waals surface area contributed by atoms with Gasteiger partial charge in [0.2, 0.25) is 0 Å². The number of hydrazine groups is 1. The van der Waals surface area contributed by atoms with E-state index < -0.39 is 11.9 Å². The van der Waals surface area contributed by atoms with Gasteiger partial charge in [-0.1, -0.05) is 37.3 Å². The molecule has 0 amide bonds. The van der Waals surface area contributed by atoms with Crippen molar-refractivity contribution < 1.29 is 19.8 Å². The fraction of sp³-hybridized carbons (Fsp3) is 0.333. The van der Waals surface area contributed by atoms with E-state index in [2.05, 4.69) is 31.4 Å². The molecular formula is C12H18N2O4. The summed E-state index contributed by atoms with van der Waals surface area (Å²) in [6.45, 7) is 4.22. The van der Waals surface area contributed by atoms with E-state index in [0.717, 1.165) is 6.42 Å². The molecule has 0 heterocycles. The predicted octanol–water partition coefficient (Wildman–Crippen LogP) is 0.931. The molecule has 0 aliphatic carbocycles. The van der Waals surface area contributed by atoms with Crippen molar-refractivity contribution in [2.24, 2.45) is 5.84 Å². The molecule has 6 heteroatoms. The van der Waals surface area contributed by atoms with Gasteiger partial charge in [-0.2, -0.15) is 0 Å². The molecule has 1 aromatic rings. The van der Waals surface area contributed by atoms with Crippen molar-refractivity contribution >= 4 is 11.9 Å². The van der Waals surface area contributed by atoms with Crippen LogP contribution in [-0.4, -0.2) is 22.2 Å². The van der Waals surface area contributed by atoms with Gasteiger partial charge in [-0.25, -0.2) is 9.59 Å². The summed E-state index contributed by atoms with van der Waals surface area (Å²) in [6, 6.07) is 10.2. The van der Waals surface area contributed by atoms with Gasteiger partial charge in [0.1, 0.15) is 0 Å². The molecule has 0 saturated carbocycles. The van der Waals surface area contributed by atoms with Crippen LogP contribution in [0, 0.1) is 0 Å². The van der Waals surface area contributed by atoms with Crippen molar-refractivity contribution in [2.75, 3.05) is 0 Å². The van der Waals surface area contributed by atoms with Crippen molar-refractivity contribution in [3.63, 3.8) is 0 Å². The smallest absolute Gasteiger partial charge is 0.414 e. The molecule has 0 spiro atoms. The molecule has 1 atom stereocenters. The van der Waals surface area contributed by atoms with Crippen LogP contribution in [0.5, 0.6) is 0 Å². The topological polar surface area (TPSA) is 113 Å². The fourth-order valence-corrected chi connectivity index (χ4v) is 1.20. The molecule has 0 saturated heterocycles. The average molecular weight is 254 g/mol. The highest BCUT2D eigenvalue weighted by atomic mass is 16.4. The minimum Gasteiger partial charge on any atom is -0.473 e. The number of aliphatic carboxylic acids is 2. The summed E-state index contributed by atoms with van der Waals surface area (Å²) in [5.74, 6) is 1.85. The van der Waals surface area contributed by atoms with Crippen LogP contribution in [0.25, 0.3) is 0 Å². The summed E-state index contributed by atoms with van der Waals surface area (Å²) in [5.41, 5.74) is 3.98. The number of rotatable bonds is 3. The van der Waals surface area contributed by atoms with Crippen LogP contribution in [0.4, 0.5) is 0 Å². The normalized spacial score (nSPS) is 12.8. The van der Waals surface area contributed by atoms with Gasteiger partial charge in [0, 0.05) is 0 Å². The monoisotopic (exact) mass is 254 g/mol. The molecule has 0 fully saturated rings. The van der Waals surface area contributed by atoms with Gasteiger partial charge < -0.3 is 10.2 Å². The first kappa shape index (κ1) is 16.1. The summed E-state index contributed by atoms with van der Waals surface area (Å²) < 4.78 is 0. The Bertz CT molecular complexity index is 376. The van der Waals surface area contributed by atoms with Crippen LogP contribution in [-0.2, 0) is 15.1 Å². The lowest BCUT2D eigenvalue weighted by Crippen LogP contribution is -2.43. The van der Waals surface area contributed by atoms with Gasteiger partial charge in [0.15, 0.2) is 0 Å². The number of hydrogen-bond donors (Lipinski definition) is 4. The van der Waals surface area contributed by atoms with Crippen molar-refractivity contribution in [1.29, 1.82) is 0 Å². The Morgan fingerprint density at radius 1 is 1.22 bits per heavy atom. The van der Waals surface area contributed by atoms with Gasteiger partial charge in [-0.15, -0.1) is 0 Å². The molecular weight excluding hydrogens is 236 g/mol. The van der Waals surface area contributed by atoms with Crippen LogP contribution < -0.4 is 11.3 Å². The molecule has 0 aromatic heterocycles. The van der Waals surface area contributed by atoms with Gasteiger partial charge in [0.05, 0.1) is 5.54 Å². The highest BCUT2D eigenvalue weighted by Crippen LogP contribution is 2.22. The Hall–Kier alpha value is -1.92. The van der Waals surface area contributed by atoms with E-state index in [-0.39, 0.29) is 5.54 Å². The average Bonchev–Trinajstić information content (AvgIpc) is 2.39. The van der Waals surface area contributed by atoms with Crippen LogP contribution >= 0.6 is 0 Å². The number of benzene rings is 1. The van der Waals surface area contributed by atoms with Crippen molar-refractivity contribution in [1.82, 2.24) is 5.43 Å². The minimum absolute atomic E-state index is 0.0960. The maximum atomic E-state index is 9.10. The second kappa shape index (κ2) is 7.41. The van der Waals surface area contributed by atoms with E-state index in [1.165, 1.54) is 5.56 Å². The molecule has 6 nitrogen and oxygen atoms in total. The Morgan fingerprint density at radius 3 is 1.94 bits per heavy atom. The Balaban J connectivity index is 0.000000411. The second-order valence-corrected chi connectivity index (χ2v) is 3.81. The Kier molecular flexibility index (Phi) is 6.62. The van der Waals surface area contributed by atoms with Gasteiger partial charge in [-0.05, 0) is 18.9 Å². The lowest BCUT2D eigenvalue weighted by Gasteiger charge is -2.27. The first-order chi connectivity index (χ1) is 8.37. The van der Waals surface area contributed by atoms with Crippen molar-refractivity contribution in [2.45, 2.75) is 25.8 Å². The van der Waals surface area contributed by atoms with Crippen LogP contribution in [0.3, 0.4) is 0 Å². The molecule has 100 valence electrons. The standard InChI is InChI=1S/C10H16N2.C2H2O4/c1-3-10(2,12-11)9-7-5-4-6-8-9;3-1(4)2(5)6/h4-8,12H,3,11H2,1-2H3;(H,3,4)(H,5,6). The number of nitrogens with one attached hydrogen (secondary N) is 1. The quantitative estimate of drug-likeness (QED) is 0.362. The molecule has 0 radical (unpaired) electrons. The summed E-state index contributed by atoms with van der Waals surface area (Å²) >= 11 is 0. The minimum atomic E-state index is -1.82. The van der Waals surface area contributed by atoms with E-state index in [4.69, 9.17) is 25.6 Å². The van der Waals surface area contributed by atoms with E-state index in [1.54, 1.807) is 0 Å². The number of carboxylic acid groups (broad SMARTS) is 2. The molecule has 1 rings (SSSR count). The largest absolute Gasteiger partial charge is 0.473 e. The molecule has 18 heavy (non-hydrogen) atoms. The zero-order chi connectivity index (χ0) is 14.2.